The Balaban J connectivity index is 1.69. The molecule has 1 aromatic rings. The van der Waals surface area contributed by atoms with Crippen LogP contribution in [0, 0.1) is 17.8 Å². The van der Waals surface area contributed by atoms with Crippen LogP contribution < -0.4 is 18.9 Å². The second-order valence-electron chi connectivity index (χ2n) is 7.02. The fourth-order valence-electron chi connectivity index (χ4n) is 2.46. The first kappa shape index (κ1) is 17.5. The van der Waals surface area contributed by atoms with Crippen molar-refractivity contribution in [3.8, 4) is 23.0 Å². The van der Waals surface area contributed by atoms with Gasteiger partial charge in [0.05, 0.1) is 17.8 Å². The lowest BCUT2D eigenvalue weighted by Crippen LogP contribution is -2.17. The Labute approximate surface area is 154 Å². The van der Waals surface area contributed by atoms with E-state index in [1.54, 1.807) is 0 Å². The highest BCUT2D eigenvalue weighted by molar-refractivity contribution is 5.85. The number of esters is 3. The van der Waals surface area contributed by atoms with E-state index in [0.29, 0.717) is 25.7 Å². The summed E-state index contributed by atoms with van der Waals surface area (Å²) in [7, 11) is 0. The lowest BCUT2D eigenvalue weighted by Gasteiger charge is -2.16. The molecule has 4 rings (SSSR count). The molecule has 3 fully saturated rings. The summed E-state index contributed by atoms with van der Waals surface area (Å²) in [4.78, 5) is 47.2. The molecule has 8 nitrogen and oxygen atoms in total. The van der Waals surface area contributed by atoms with Crippen molar-refractivity contribution in [1.82, 2.24) is 0 Å². The maximum absolute atomic E-state index is 12.2. The van der Waals surface area contributed by atoms with Gasteiger partial charge < -0.3 is 18.9 Å². The molecule has 0 saturated heterocycles. The van der Waals surface area contributed by atoms with Crippen LogP contribution >= 0.6 is 0 Å². The minimum absolute atomic E-state index is 0.0438. The molecule has 3 aliphatic rings. The summed E-state index contributed by atoms with van der Waals surface area (Å²) < 4.78 is 21.0. The molecule has 27 heavy (non-hydrogen) atoms. The summed E-state index contributed by atoms with van der Waals surface area (Å²) in [6.07, 6.45) is 4.31. The Kier molecular flexibility index (Phi) is 4.55. The number of benzene rings is 1. The predicted octanol–water partition coefficient (Wildman–Crippen LogP) is 2.17. The molecule has 0 N–H and O–H groups in total. The fourth-order valence-corrected chi connectivity index (χ4v) is 2.46. The highest BCUT2D eigenvalue weighted by Gasteiger charge is 2.38. The molecule has 1 aromatic carbocycles. The van der Waals surface area contributed by atoms with Crippen LogP contribution in [-0.2, 0) is 19.2 Å². The monoisotopic (exact) mass is 374 g/mol. The lowest BCUT2D eigenvalue weighted by molar-refractivity contribution is -0.139. The first-order valence-corrected chi connectivity index (χ1v) is 8.99. The third-order valence-electron chi connectivity index (χ3n) is 4.56. The number of carbonyl (C=O) groups excluding carboxylic acids is 4. The van der Waals surface area contributed by atoms with Gasteiger partial charge in [0.2, 0.25) is 11.5 Å². The lowest BCUT2D eigenvalue weighted by atomic mass is 10.2. The van der Waals surface area contributed by atoms with Crippen molar-refractivity contribution in [2.45, 2.75) is 38.5 Å². The molecule has 0 amide bonds. The summed E-state index contributed by atoms with van der Waals surface area (Å²) in [6, 6.07) is 2.68. The Hall–Kier alpha value is -2.90. The second-order valence-corrected chi connectivity index (χ2v) is 7.02. The summed E-state index contributed by atoms with van der Waals surface area (Å²) in [5.74, 6) is -2.70. The number of carbonyl (C=O) groups is 4. The van der Waals surface area contributed by atoms with Crippen molar-refractivity contribution in [1.29, 1.82) is 0 Å². The molecule has 0 spiro atoms. The highest BCUT2D eigenvalue weighted by Crippen LogP contribution is 2.47. The Morgan fingerprint density at radius 2 is 1.11 bits per heavy atom. The topological polar surface area (TPSA) is 105 Å². The molecule has 0 aromatic heterocycles. The SMILES string of the molecule is O=COc1ccc(OC(=O)C2CC2)c(OC(=O)C2CC2)c1OC(=O)C1CC1. The zero-order valence-corrected chi connectivity index (χ0v) is 14.5. The molecule has 142 valence electrons. The Bertz CT molecular complexity index is 802. The Morgan fingerprint density at radius 3 is 1.56 bits per heavy atom. The predicted molar refractivity (Wildman–Crippen MR) is 88.2 cm³/mol. The van der Waals surface area contributed by atoms with Gasteiger partial charge in [0.25, 0.3) is 6.47 Å². The van der Waals surface area contributed by atoms with Crippen molar-refractivity contribution in [2.24, 2.45) is 17.8 Å². The molecule has 0 atom stereocenters. The second kappa shape index (κ2) is 7.02. The zero-order valence-electron chi connectivity index (χ0n) is 14.5. The normalized spacial score (nSPS) is 18.4. The summed E-state index contributed by atoms with van der Waals surface area (Å²) >= 11 is 0. The van der Waals surface area contributed by atoms with E-state index >= 15 is 0 Å². The summed E-state index contributed by atoms with van der Waals surface area (Å²) in [6.45, 7) is 0.173. The van der Waals surface area contributed by atoms with Crippen LogP contribution in [0.1, 0.15) is 38.5 Å². The van der Waals surface area contributed by atoms with Gasteiger partial charge in [-0.1, -0.05) is 0 Å². The third kappa shape index (κ3) is 4.10. The fraction of sp³-hybridized carbons (Fsp3) is 0.474. The van der Waals surface area contributed by atoms with Gasteiger partial charge in [-0.05, 0) is 50.7 Å². The van der Waals surface area contributed by atoms with Crippen LogP contribution in [0.5, 0.6) is 23.0 Å². The average Bonchev–Trinajstić information content (AvgIpc) is 3.51. The van der Waals surface area contributed by atoms with Gasteiger partial charge >= 0.3 is 17.9 Å². The van der Waals surface area contributed by atoms with Gasteiger partial charge in [-0.15, -0.1) is 0 Å². The van der Waals surface area contributed by atoms with Crippen LogP contribution in [-0.4, -0.2) is 24.4 Å². The van der Waals surface area contributed by atoms with Gasteiger partial charge in [-0.25, -0.2) is 0 Å². The van der Waals surface area contributed by atoms with E-state index in [9.17, 15) is 19.2 Å². The smallest absolute Gasteiger partial charge is 0.314 e. The van der Waals surface area contributed by atoms with Crippen molar-refractivity contribution >= 4 is 24.4 Å². The molecule has 8 heteroatoms. The Morgan fingerprint density at radius 1 is 0.704 bits per heavy atom. The van der Waals surface area contributed by atoms with E-state index in [0.717, 1.165) is 12.8 Å². The van der Waals surface area contributed by atoms with Gasteiger partial charge in [-0.2, -0.15) is 0 Å². The summed E-state index contributed by atoms with van der Waals surface area (Å²) in [5, 5.41) is 0. The number of hydrogen-bond donors (Lipinski definition) is 0. The molecule has 0 aliphatic heterocycles. The van der Waals surface area contributed by atoms with Crippen molar-refractivity contribution in [2.75, 3.05) is 0 Å². The van der Waals surface area contributed by atoms with Crippen LogP contribution in [0.15, 0.2) is 12.1 Å². The average molecular weight is 374 g/mol. The van der Waals surface area contributed by atoms with Crippen LogP contribution in [0.4, 0.5) is 0 Å². The molecular formula is C19H18O8. The molecular weight excluding hydrogens is 356 g/mol. The minimum atomic E-state index is -0.514. The first-order valence-electron chi connectivity index (χ1n) is 8.99. The van der Waals surface area contributed by atoms with E-state index in [1.165, 1.54) is 12.1 Å². The van der Waals surface area contributed by atoms with Crippen LogP contribution in [0.3, 0.4) is 0 Å². The largest absolute Gasteiger partial charge is 0.425 e. The van der Waals surface area contributed by atoms with Crippen molar-refractivity contribution < 1.29 is 38.1 Å². The maximum Gasteiger partial charge on any atom is 0.314 e. The molecule has 3 aliphatic carbocycles. The quantitative estimate of drug-likeness (QED) is 0.387. The zero-order chi connectivity index (χ0) is 19.0. The van der Waals surface area contributed by atoms with Gasteiger partial charge in [0.1, 0.15) is 0 Å². The van der Waals surface area contributed by atoms with E-state index in [4.69, 9.17) is 18.9 Å². The highest BCUT2D eigenvalue weighted by atomic mass is 16.6. The number of rotatable bonds is 8. The standard InChI is InChI=1S/C19H18O8/c20-9-24-13-7-8-14(25-17(21)10-1-2-10)16(27-19(23)12-5-6-12)15(13)26-18(22)11-3-4-11/h7-12H,1-6H2. The van der Waals surface area contributed by atoms with Gasteiger partial charge in [0.15, 0.2) is 11.5 Å². The minimum Gasteiger partial charge on any atom is -0.425 e. The molecule has 0 heterocycles. The summed E-state index contributed by atoms with van der Waals surface area (Å²) in [5.41, 5.74) is 0. The van der Waals surface area contributed by atoms with Crippen LogP contribution in [0.25, 0.3) is 0 Å². The van der Waals surface area contributed by atoms with Crippen molar-refractivity contribution in [3.05, 3.63) is 12.1 Å². The molecule has 0 radical (unpaired) electrons. The molecule has 0 bridgehead atoms. The van der Waals surface area contributed by atoms with Gasteiger partial charge in [-0.3, -0.25) is 19.2 Å². The maximum atomic E-state index is 12.2. The van der Waals surface area contributed by atoms with Gasteiger partial charge in [0, 0.05) is 0 Å². The van der Waals surface area contributed by atoms with Crippen LogP contribution in [0.2, 0.25) is 0 Å². The van der Waals surface area contributed by atoms with E-state index in [2.05, 4.69) is 0 Å². The van der Waals surface area contributed by atoms with Crippen molar-refractivity contribution in [3.63, 3.8) is 0 Å². The third-order valence-corrected chi connectivity index (χ3v) is 4.56. The van der Waals surface area contributed by atoms with E-state index in [-0.39, 0.29) is 47.2 Å². The molecule has 3 saturated carbocycles. The molecule has 0 unspecified atom stereocenters. The first-order chi connectivity index (χ1) is 13.1. The number of ether oxygens (including phenoxy) is 4. The number of hydrogen-bond acceptors (Lipinski definition) is 8. The van der Waals surface area contributed by atoms with E-state index in [1.807, 2.05) is 0 Å². The van der Waals surface area contributed by atoms with E-state index < -0.39 is 17.9 Å².